The normalized spacial score (nSPS) is 12.5. The average Bonchev–Trinajstić information content (AvgIpc) is 3.16. The van der Waals surface area contributed by atoms with Crippen molar-refractivity contribution in [3.8, 4) is 22.4 Å². The molecule has 0 radical (unpaired) electrons. The first kappa shape index (κ1) is 17.6. The first-order valence-corrected chi connectivity index (χ1v) is 9.55. The number of imidazole rings is 1. The molecule has 4 heteroatoms. The van der Waals surface area contributed by atoms with Gasteiger partial charge in [0.2, 0.25) is 0 Å². The van der Waals surface area contributed by atoms with Gasteiger partial charge in [-0.3, -0.25) is 0 Å². The molecule has 0 fully saturated rings. The molecular weight excluding hydrogens is 363 g/mol. The topological polar surface area (TPSA) is 37.5 Å². The van der Waals surface area contributed by atoms with Crippen LogP contribution in [0.15, 0.2) is 85.2 Å². The number of aliphatic hydroxyl groups excluding tert-OH is 1. The lowest BCUT2D eigenvalue weighted by atomic mass is 9.98. The Balaban J connectivity index is 1.66. The fourth-order valence-electron chi connectivity index (χ4n) is 3.87. The predicted octanol–water partition coefficient (Wildman–Crippen LogP) is 6.01. The van der Waals surface area contributed by atoms with E-state index in [1.807, 2.05) is 47.1 Å². The SMILES string of the molecule is CC(O)c1ccc(F)cc1-c1ccc2nc(-c3cccc4ccccc34)cn2c1. The fourth-order valence-corrected chi connectivity index (χ4v) is 3.87. The number of benzene rings is 3. The molecule has 0 saturated heterocycles. The second kappa shape index (κ2) is 6.83. The molecule has 0 aliphatic carbocycles. The van der Waals surface area contributed by atoms with Crippen molar-refractivity contribution in [2.45, 2.75) is 13.0 Å². The highest BCUT2D eigenvalue weighted by Crippen LogP contribution is 2.31. The van der Waals surface area contributed by atoms with E-state index >= 15 is 0 Å². The molecule has 0 aliphatic rings. The number of pyridine rings is 1. The summed E-state index contributed by atoms with van der Waals surface area (Å²) in [5.74, 6) is -0.327. The zero-order valence-corrected chi connectivity index (χ0v) is 15.9. The summed E-state index contributed by atoms with van der Waals surface area (Å²) in [7, 11) is 0. The van der Waals surface area contributed by atoms with E-state index in [9.17, 15) is 9.50 Å². The Labute approximate surface area is 167 Å². The van der Waals surface area contributed by atoms with Gasteiger partial charge in [0.15, 0.2) is 0 Å². The maximum absolute atomic E-state index is 13.9. The van der Waals surface area contributed by atoms with E-state index in [1.165, 1.54) is 17.5 Å². The van der Waals surface area contributed by atoms with Crippen molar-refractivity contribution in [3.05, 3.63) is 96.6 Å². The minimum Gasteiger partial charge on any atom is -0.389 e. The van der Waals surface area contributed by atoms with Gasteiger partial charge in [-0.05, 0) is 58.7 Å². The van der Waals surface area contributed by atoms with Gasteiger partial charge in [0, 0.05) is 18.0 Å². The van der Waals surface area contributed by atoms with Gasteiger partial charge in [-0.1, -0.05) is 48.5 Å². The Morgan fingerprint density at radius 3 is 2.59 bits per heavy atom. The molecule has 5 rings (SSSR count). The largest absolute Gasteiger partial charge is 0.389 e. The van der Waals surface area contributed by atoms with E-state index in [1.54, 1.807) is 13.0 Å². The number of halogens is 1. The highest BCUT2D eigenvalue weighted by Gasteiger charge is 2.13. The van der Waals surface area contributed by atoms with Crippen LogP contribution in [0.1, 0.15) is 18.6 Å². The minimum absolute atomic E-state index is 0.327. The Morgan fingerprint density at radius 1 is 0.897 bits per heavy atom. The molecule has 0 aliphatic heterocycles. The van der Waals surface area contributed by atoms with Gasteiger partial charge in [0.1, 0.15) is 11.5 Å². The van der Waals surface area contributed by atoms with Gasteiger partial charge >= 0.3 is 0 Å². The van der Waals surface area contributed by atoms with Crippen LogP contribution in [0.3, 0.4) is 0 Å². The highest BCUT2D eigenvalue weighted by atomic mass is 19.1. The molecular formula is C25H19FN2O. The van der Waals surface area contributed by atoms with E-state index in [0.717, 1.165) is 27.9 Å². The van der Waals surface area contributed by atoms with Gasteiger partial charge in [-0.15, -0.1) is 0 Å². The van der Waals surface area contributed by atoms with Gasteiger partial charge in [-0.2, -0.15) is 0 Å². The molecule has 1 unspecified atom stereocenters. The molecule has 3 nitrogen and oxygen atoms in total. The predicted molar refractivity (Wildman–Crippen MR) is 114 cm³/mol. The van der Waals surface area contributed by atoms with Crippen LogP contribution in [0.2, 0.25) is 0 Å². The lowest BCUT2D eigenvalue weighted by Gasteiger charge is -2.12. The standard InChI is InChI=1S/C25H19FN2O/c1-16(29)20-11-10-19(26)13-23(20)18-9-12-25-27-24(15-28(25)14-18)22-8-4-6-17-5-2-3-7-21(17)22/h2-16,29H,1H3. The van der Waals surface area contributed by atoms with Crippen molar-refractivity contribution < 1.29 is 9.50 Å². The van der Waals surface area contributed by atoms with Crippen LogP contribution in [0.25, 0.3) is 38.8 Å². The van der Waals surface area contributed by atoms with Gasteiger partial charge in [0.25, 0.3) is 0 Å². The molecule has 5 aromatic rings. The van der Waals surface area contributed by atoms with Crippen molar-refractivity contribution in [3.63, 3.8) is 0 Å². The summed E-state index contributed by atoms with van der Waals surface area (Å²) in [5.41, 5.74) is 4.97. The van der Waals surface area contributed by atoms with Crippen LogP contribution < -0.4 is 0 Å². The number of hydrogen-bond acceptors (Lipinski definition) is 2. The zero-order chi connectivity index (χ0) is 20.0. The number of aromatic nitrogens is 2. The van der Waals surface area contributed by atoms with Crippen LogP contribution in [-0.2, 0) is 0 Å². The maximum atomic E-state index is 13.9. The van der Waals surface area contributed by atoms with Crippen LogP contribution in [-0.4, -0.2) is 14.5 Å². The molecule has 0 bridgehead atoms. The van der Waals surface area contributed by atoms with Crippen molar-refractivity contribution in [1.82, 2.24) is 9.38 Å². The van der Waals surface area contributed by atoms with Gasteiger partial charge in [0.05, 0.1) is 11.8 Å². The molecule has 3 aromatic carbocycles. The number of rotatable bonds is 3. The van der Waals surface area contributed by atoms with Crippen LogP contribution in [0.5, 0.6) is 0 Å². The summed E-state index contributed by atoms with van der Waals surface area (Å²) in [4.78, 5) is 4.78. The second-order valence-corrected chi connectivity index (χ2v) is 7.24. The number of hydrogen-bond donors (Lipinski definition) is 1. The Bertz CT molecular complexity index is 1350. The zero-order valence-electron chi connectivity index (χ0n) is 15.9. The quantitative estimate of drug-likeness (QED) is 0.415. The lowest BCUT2D eigenvalue weighted by Crippen LogP contribution is -1.97. The summed E-state index contributed by atoms with van der Waals surface area (Å²) in [5, 5.41) is 12.4. The third kappa shape index (κ3) is 3.08. The molecule has 2 aromatic heterocycles. The van der Waals surface area contributed by atoms with Crippen molar-refractivity contribution in [2.24, 2.45) is 0 Å². The minimum atomic E-state index is -0.685. The lowest BCUT2D eigenvalue weighted by molar-refractivity contribution is 0.200. The summed E-state index contributed by atoms with van der Waals surface area (Å²) in [6, 6.07) is 22.8. The monoisotopic (exact) mass is 382 g/mol. The molecule has 2 heterocycles. The van der Waals surface area contributed by atoms with E-state index in [4.69, 9.17) is 4.98 Å². The summed E-state index contributed by atoms with van der Waals surface area (Å²) >= 11 is 0. The Morgan fingerprint density at radius 2 is 1.72 bits per heavy atom. The molecule has 1 atom stereocenters. The molecule has 0 amide bonds. The Kier molecular flexibility index (Phi) is 4.14. The molecule has 0 spiro atoms. The molecule has 1 N–H and O–H groups in total. The molecule has 0 saturated carbocycles. The van der Waals surface area contributed by atoms with E-state index < -0.39 is 6.10 Å². The van der Waals surface area contributed by atoms with Crippen molar-refractivity contribution in [2.75, 3.05) is 0 Å². The molecule has 29 heavy (non-hydrogen) atoms. The Hall–Kier alpha value is -3.50. The van der Waals surface area contributed by atoms with Crippen molar-refractivity contribution >= 4 is 16.4 Å². The summed E-state index contributed by atoms with van der Waals surface area (Å²) in [6.45, 7) is 1.69. The van der Waals surface area contributed by atoms with E-state index in [-0.39, 0.29) is 5.82 Å². The van der Waals surface area contributed by atoms with Crippen LogP contribution >= 0.6 is 0 Å². The second-order valence-electron chi connectivity index (χ2n) is 7.24. The third-order valence-corrected chi connectivity index (χ3v) is 5.29. The average molecular weight is 382 g/mol. The first-order chi connectivity index (χ1) is 14.1. The summed E-state index contributed by atoms with van der Waals surface area (Å²) < 4.78 is 15.8. The number of nitrogens with zero attached hydrogens (tertiary/aromatic N) is 2. The third-order valence-electron chi connectivity index (χ3n) is 5.29. The maximum Gasteiger partial charge on any atom is 0.137 e. The number of fused-ring (bicyclic) bond motifs is 2. The van der Waals surface area contributed by atoms with Gasteiger partial charge in [-0.25, -0.2) is 9.37 Å². The van der Waals surface area contributed by atoms with Crippen LogP contribution in [0.4, 0.5) is 4.39 Å². The molecule has 142 valence electrons. The van der Waals surface area contributed by atoms with E-state index in [2.05, 4.69) is 24.3 Å². The van der Waals surface area contributed by atoms with Crippen LogP contribution in [0, 0.1) is 5.82 Å². The first-order valence-electron chi connectivity index (χ1n) is 9.55. The van der Waals surface area contributed by atoms with Gasteiger partial charge < -0.3 is 9.51 Å². The number of aliphatic hydroxyl groups is 1. The highest BCUT2D eigenvalue weighted by molar-refractivity contribution is 5.96. The van der Waals surface area contributed by atoms with E-state index in [0.29, 0.717) is 11.1 Å². The summed E-state index contributed by atoms with van der Waals surface area (Å²) in [6.07, 6.45) is 3.23. The smallest absolute Gasteiger partial charge is 0.137 e. The van der Waals surface area contributed by atoms with Crippen molar-refractivity contribution in [1.29, 1.82) is 0 Å². The fraction of sp³-hybridized carbons (Fsp3) is 0.0800.